The fraction of sp³-hybridized carbons (Fsp3) is 0.875. The fourth-order valence-corrected chi connectivity index (χ4v) is 1.48. The number of esters is 1. The number of aliphatic hydroxyl groups is 1. The number of rotatable bonds is 1. The largest absolute Gasteiger partial charge is 0.469 e. The number of aliphatic hydroxyl groups excluding tert-OH is 1. The molecule has 0 heterocycles. The molecule has 1 aliphatic rings. The van der Waals surface area contributed by atoms with Crippen molar-refractivity contribution in [1.29, 1.82) is 0 Å². The van der Waals surface area contributed by atoms with Crippen molar-refractivity contribution in [2.24, 2.45) is 5.92 Å². The van der Waals surface area contributed by atoms with Crippen molar-refractivity contribution in [2.45, 2.75) is 31.5 Å². The minimum atomic E-state index is -1.28. The van der Waals surface area contributed by atoms with Crippen LogP contribution in [0.5, 0.6) is 0 Å². The lowest BCUT2D eigenvalue weighted by Gasteiger charge is -2.26. The Labute approximate surface area is 70.5 Å². The predicted molar refractivity (Wildman–Crippen MR) is 40.3 cm³/mol. The van der Waals surface area contributed by atoms with E-state index in [1.54, 1.807) is 0 Å². The number of alkyl halides is 1. The van der Waals surface area contributed by atoms with E-state index >= 15 is 0 Å². The molecule has 0 radical (unpaired) electrons. The summed E-state index contributed by atoms with van der Waals surface area (Å²) in [5.74, 6) is -0.738. The lowest BCUT2D eigenvalue weighted by atomic mass is 9.86. The minimum absolute atomic E-state index is 0.0911. The van der Waals surface area contributed by atoms with Crippen LogP contribution in [0.4, 0.5) is 4.39 Å². The van der Waals surface area contributed by atoms with E-state index in [1.807, 2.05) is 0 Å². The summed E-state index contributed by atoms with van der Waals surface area (Å²) in [7, 11) is 1.29. The Morgan fingerprint density at radius 2 is 2.25 bits per heavy atom. The standard InChI is InChI=1S/C8H13FO3/c1-12-8(11)5-2-3-7(10)6(9)4-5/h5-7,10H,2-4H2,1H3/t5-,6-,7-/m1/s1. The molecular weight excluding hydrogens is 163 g/mol. The molecule has 1 rings (SSSR count). The van der Waals surface area contributed by atoms with Gasteiger partial charge >= 0.3 is 5.97 Å². The maximum atomic E-state index is 12.9. The van der Waals surface area contributed by atoms with E-state index in [-0.39, 0.29) is 18.3 Å². The van der Waals surface area contributed by atoms with Gasteiger partial charge in [0.05, 0.1) is 19.1 Å². The van der Waals surface area contributed by atoms with Crippen molar-refractivity contribution in [3.05, 3.63) is 0 Å². The lowest BCUT2D eigenvalue weighted by Crippen LogP contribution is -2.34. The van der Waals surface area contributed by atoms with Gasteiger partial charge in [-0.05, 0) is 19.3 Å². The van der Waals surface area contributed by atoms with Crippen molar-refractivity contribution in [1.82, 2.24) is 0 Å². The maximum Gasteiger partial charge on any atom is 0.308 e. The highest BCUT2D eigenvalue weighted by molar-refractivity contribution is 5.72. The summed E-state index contributed by atoms with van der Waals surface area (Å²) < 4.78 is 17.4. The predicted octanol–water partition coefficient (Wildman–Crippen LogP) is 0.658. The Morgan fingerprint density at radius 3 is 2.75 bits per heavy atom. The van der Waals surface area contributed by atoms with Crippen LogP contribution in [0, 0.1) is 5.92 Å². The van der Waals surface area contributed by atoms with Crippen molar-refractivity contribution < 1.29 is 19.0 Å². The van der Waals surface area contributed by atoms with Crippen molar-refractivity contribution in [3.8, 4) is 0 Å². The summed E-state index contributed by atoms with van der Waals surface area (Å²) in [4.78, 5) is 10.9. The number of carbonyl (C=O) groups excluding carboxylic acids is 1. The SMILES string of the molecule is COC(=O)[C@@H]1CC[C@@H](O)[C@H](F)C1. The van der Waals surface area contributed by atoms with E-state index in [2.05, 4.69) is 4.74 Å². The zero-order valence-corrected chi connectivity index (χ0v) is 7.00. The Kier molecular flexibility index (Phi) is 3.03. The number of carbonyl (C=O) groups is 1. The number of methoxy groups -OCH3 is 1. The molecule has 4 heteroatoms. The van der Waals surface area contributed by atoms with E-state index < -0.39 is 12.3 Å². The molecule has 1 aliphatic carbocycles. The van der Waals surface area contributed by atoms with Crippen LogP contribution in [-0.4, -0.2) is 30.5 Å². The van der Waals surface area contributed by atoms with E-state index in [4.69, 9.17) is 5.11 Å². The van der Waals surface area contributed by atoms with Crippen LogP contribution in [0.25, 0.3) is 0 Å². The molecular formula is C8H13FO3. The van der Waals surface area contributed by atoms with Gasteiger partial charge in [-0.3, -0.25) is 4.79 Å². The smallest absolute Gasteiger partial charge is 0.308 e. The van der Waals surface area contributed by atoms with Crippen molar-refractivity contribution in [3.63, 3.8) is 0 Å². The highest BCUT2D eigenvalue weighted by Gasteiger charge is 2.33. The first-order chi connectivity index (χ1) is 5.65. The Hall–Kier alpha value is -0.640. The molecule has 1 fully saturated rings. The highest BCUT2D eigenvalue weighted by Crippen LogP contribution is 2.27. The van der Waals surface area contributed by atoms with Crippen molar-refractivity contribution in [2.75, 3.05) is 7.11 Å². The Balaban J connectivity index is 2.45. The molecule has 0 aromatic heterocycles. The molecule has 0 spiro atoms. The van der Waals surface area contributed by atoms with E-state index in [9.17, 15) is 9.18 Å². The van der Waals surface area contributed by atoms with E-state index in [1.165, 1.54) is 7.11 Å². The van der Waals surface area contributed by atoms with Gasteiger partial charge in [0.15, 0.2) is 0 Å². The fourth-order valence-electron chi connectivity index (χ4n) is 1.48. The van der Waals surface area contributed by atoms with Crippen LogP contribution < -0.4 is 0 Å². The molecule has 0 aliphatic heterocycles. The van der Waals surface area contributed by atoms with Crippen LogP contribution in [0.3, 0.4) is 0 Å². The Bertz CT molecular complexity index is 172. The van der Waals surface area contributed by atoms with Crippen LogP contribution in [0.1, 0.15) is 19.3 Å². The summed E-state index contributed by atoms with van der Waals surface area (Å²) in [6.45, 7) is 0. The van der Waals surface area contributed by atoms with Crippen LogP contribution in [0.2, 0.25) is 0 Å². The number of hydrogen-bond acceptors (Lipinski definition) is 3. The molecule has 0 aromatic rings. The van der Waals surface area contributed by atoms with Gasteiger partial charge in [-0.1, -0.05) is 0 Å². The van der Waals surface area contributed by atoms with Gasteiger partial charge in [0, 0.05) is 0 Å². The molecule has 3 nitrogen and oxygen atoms in total. The first-order valence-corrected chi connectivity index (χ1v) is 4.05. The molecule has 0 amide bonds. The summed E-state index contributed by atoms with van der Waals surface area (Å²) in [5.41, 5.74) is 0. The summed E-state index contributed by atoms with van der Waals surface area (Å²) >= 11 is 0. The molecule has 3 atom stereocenters. The molecule has 70 valence electrons. The van der Waals surface area contributed by atoms with Crippen LogP contribution in [-0.2, 0) is 9.53 Å². The van der Waals surface area contributed by atoms with Gasteiger partial charge in [0.1, 0.15) is 6.17 Å². The first-order valence-electron chi connectivity index (χ1n) is 4.05. The second-order valence-corrected chi connectivity index (χ2v) is 3.12. The monoisotopic (exact) mass is 176 g/mol. The zero-order chi connectivity index (χ0) is 9.14. The quantitative estimate of drug-likeness (QED) is 0.597. The molecule has 0 bridgehead atoms. The second kappa shape index (κ2) is 3.85. The normalized spacial score (nSPS) is 36.1. The molecule has 0 aromatic carbocycles. The third kappa shape index (κ3) is 1.94. The molecule has 1 N–H and O–H groups in total. The van der Waals surface area contributed by atoms with Gasteiger partial charge in [0.2, 0.25) is 0 Å². The summed E-state index contributed by atoms with van der Waals surface area (Å²) in [6.07, 6.45) is -1.21. The van der Waals surface area contributed by atoms with Gasteiger partial charge in [0.25, 0.3) is 0 Å². The topological polar surface area (TPSA) is 46.5 Å². The first kappa shape index (κ1) is 9.45. The van der Waals surface area contributed by atoms with Gasteiger partial charge < -0.3 is 9.84 Å². The van der Waals surface area contributed by atoms with E-state index in [0.717, 1.165) is 0 Å². The Morgan fingerprint density at radius 1 is 1.58 bits per heavy atom. The third-order valence-corrected chi connectivity index (χ3v) is 2.27. The van der Waals surface area contributed by atoms with Crippen LogP contribution in [0.15, 0.2) is 0 Å². The summed E-state index contributed by atoms with van der Waals surface area (Å²) in [6, 6.07) is 0. The second-order valence-electron chi connectivity index (χ2n) is 3.12. The summed E-state index contributed by atoms with van der Waals surface area (Å²) in [5, 5.41) is 9.02. The molecule has 0 saturated heterocycles. The molecule has 12 heavy (non-hydrogen) atoms. The zero-order valence-electron chi connectivity index (χ0n) is 7.00. The van der Waals surface area contributed by atoms with Gasteiger partial charge in [-0.15, -0.1) is 0 Å². The number of ether oxygens (including phenoxy) is 1. The maximum absolute atomic E-state index is 12.9. The average Bonchev–Trinajstić information content (AvgIpc) is 2.08. The number of halogens is 1. The van der Waals surface area contributed by atoms with Crippen LogP contribution >= 0.6 is 0 Å². The van der Waals surface area contributed by atoms with E-state index in [0.29, 0.717) is 12.8 Å². The molecule has 1 saturated carbocycles. The average molecular weight is 176 g/mol. The van der Waals surface area contributed by atoms with Crippen molar-refractivity contribution >= 4 is 5.97 Å². The highest BCUT2D eigenvalue weighted by atomic mass is 19.1. The minimum Gasteiger partial charge on any atom is -0.469 e. The van der Waals surface area contributed by atoms with Gasteiger partial charge in [-0.25, -0.2) is 4.39 Å². The molecule has 0 unspecified atom stereocenters. The van der Waals surface area contributed by atoms with Gasteiger partial charge in [-0.2, -0.15) is 0 Å². The third-order valence-electron chi connectivity index (χ3n) is 2.27. The number of hydrogen-bond donors (Lipinski definition) is 1. The lowest BCUT2D eigenvalue weighted by molar-refractivity contribution is -0.148.